The maximum atomic E-state index is 12.9. The molecule has 1 aliphatic rings. The molecule has 3 aromatic carbocycles. The Kier molecular flexibility index (Phi) is 5.17. The van der Waals surface area contributed by atoms with Gasteiger partial charge in [-0.25, -0.2) is 9.59 Å². The fourth-order valence-corrected chi connectivity index (χ4v) is 3.95. The van der Waals surface area contributed by atoms with E-state index in [4.69, 9.17) is 10.5 Å². The van der Waals surface area contributed by atoms with E-state index in [1.165, 1.54) is 19.1 Å². The van der Waals surface area contributed by atoms with Crippen molar-refractivity contribution >= 4 is 29.2 Å². The number of amides is 1. The van der Waals surface area contributed by atoms with Gasteiger partial charge in [-0.3, -0.25) is 4.79 Å². The molecule has 7 heteroatoms. The number of hydrogen-bond donors (Lipinski definition) is 3. The third-order valence-corrected chi connectivity index (χ3v) is 5.29. The lowest BCUT2D eigenvalue weighted by Gasteiger charge is -2.16. The van der Waals surface area contributed by atoms with Crippen LogP contribution in [-0.2, 0) is 9.53 Å². The lowest BCUT2D eigenvalue weighted by atomic mass is 9.98. The summed E-state index contributed by atoms with van der Waals surface area (Å²) in [5.74, 6) is -2.61. The van der Waals surface area contributed by atoms with E-state index in [2.05, 4.69) is 5.32 Å². The van der Waals surface area contributed by atoms with Gasteiger partial charge >= 0.3 is 11.9 Å². The maximum Gasteiger partial charge on any atom is 0.340 e. The number of anilines is 2. The summed E-state index contributed by atoms with van der Waals surface area (Å²) >= 11 is 0. The van der Waals surface area contributed by atoms with Crippen LogP contribution in [0.1, 0.15) is 44.7 Å². The Morgan fingerprint density at radius 3 is 2.06 bits per heavy atom. The molecule has 1 aliphatic carbocycles. The number of carbonyl (C=O) groups excluding carboxylic acids is 2. The van der Waals surface area contributed by atoms with Crippen LogP contribution in [0.5, 0.6) is 0 Å². The smallest absolute Gasteiger partial charge is 0.340 e. The molecule has 0 bridgehead atoms. The molecule has 0 fully saturated rings. The predicted octanol–water partition coefficient (Wildman–Crippen LogP) is 3.89. The molecule has 0 unspecified atom stereocenters. The van der Waals surface area contributed by atoms with E-state index in [0.29, 0.717) is 0 Å². The second kappa shape index (κ2) is 7.95. The highest BCUT2D eigenvalue weighted by molar-refractivity contribution is 6.05. The largest absolute Gasteiger partial charge is 0.478 e. The lowest BCUT2D eigenvalue weighted by molar-refractivity contribution is -0.114. The van der Waals surface area contributed by atoms with Crippen LogP contribution in [0.2, 0.25) is 0 Å². The summed E-state index contributed by atoms with van der Waals surface area (Å²) in [7, 11) is 0. The van der Waals surface area contributed by atoms with Gasteiger partial charge in [-0.1, -0.05) is 48.5 Å². The summed E-state index contributed by atoms with van der Waals surface area (Å²) in [6.07, 6.45) is 0. The van der Waals surface area contributed by atoms with E-state index in [9.17, 15) is 19.5 Å². The Bertz CT molecular complexity index is 1170. The van der Waals surface area contributed by atoms with E-state index in [0.717, 1.165) is 22.3 Å². The van der Waals surface area contributed by atoms with Crippen molar-refractivity contribution in [2.45, 2.75) is 12.8 Å². The van der Waals surface area contributed by atoms with Gasteiger partial charge in [0, 0.05) is 18.5 Å². The van der Waals surface area contributed by atoms with Crippen LogP contribution in [0, 0.1) is 0 Å². The lowest BCUT2D eigenvalue weighted by Crippen LogP contribution is -2.17. The van der Waals surface area contributed by atoms with Crippen LogP contribution in [0.4, 0.5) is 11.4 Å². The van der Waals surface area contributed by atoms with Gasteiger partial charge in [0.1, 0.15) is 6.61 Å². The normalized spacial score (nSPS) is 12.0. The number of carbonyl (C=O) groups is 3. The monoisotopic (exact) mass is 416 g/mol. The van der Waals surface area contributed by atoms with Crippen LogP contribution in [0.3, 0.4) is 0 Å². The summed E-state index contributed by atoms with van der Waals surface area (Å²) < 4.78 is 5.58. The first kappa shape index (κ1) is 20.2. The average molecular weight is 416 g/mol. The fourth-order valence-electron chi connectivity index (χ4n) is 3.95. The molecule has 0 heterocycles. The zero-order chi connectivity index (χ0) is 22.1. The van der Waals surface area contributed by atoms with Gasteiger partial charge in [-0.05, 0) is 34.4 Å². The first-order chi connectivity index (χ1) is 14.9. The number of rotatable bonds is 5. The van der Waals surface area contributed by atoms with Crippen LogP contribution >= 0.6 is 0 Å². The molecule has 1 amide bonds. The van der Waals surface area contributed by atoms with Crippen LogP contribution in [-0.4, -0.2) is 29.6 Å². The highest BCUT2D eigenvalue weighted by Gasteiger charge is 2.29. The second-order valence-electron chi connectivity index (χ2n) is 7.30. The molecule has 0 spiro atoms. The van der Waals surface area contributed by atoms with Crippen molar-refractivity contribution in [3.63, 3.8) is 0 Å². The van der Waals surface area contributed by atoms with Crippen molar-refractivity contribution in [2.75, 3.05) is 17.7 Å². The maximum absolute atomic E-state index is 12.9. The van der Waals surface area contributed by atoms with Gasteiger partial charge in [0.2, 0.25) is 5.91 Å². The number of fused-ring (bicyclic) bond motifs is 3. The zero-order valence-electron chi connectivity index (χ0n) is 16.7. The number of nitrogen functional groups attached to an aromatic ring is 1. The van der Waals surface area contributed by atoms with Crippen molar-refractivity contribution in [2.24, 2.45) is 0 Å². The number of carboxylic acids is 1. The first-order valence-corrected chi connectivity index (χ1v) is 9.66. The second-order valence-corrected chi connectivity index (χ2v) is 7.30. The average Bonchev–Trinajstić information content (AvgIpc) is 3.06. The zero-order valence-corrected chi connectivity index (χ0v) is 16.7. The fraction of sp³-hybridized carbons (Fsp3) is 0.125. The van der Waals surface area contributed by atoms with Gasteiger partial charge in [0.05, 0.1) is 16.8 Å². The van der Waals surface area contributed by atoms with Gasteiger partial charge < -0.3 is 20.9 Å². The van der Waals surface area contributed by atoms with Crippen molar-refractivity contribution < 1.29 is 24.2 Å². The van der Waals surface area contributed by atoms with E-state index < -0.39 is 17.8 Å². The highest BCUT2D eigenvalue weighted by Crippen LogP contribution is 2.44. The molecule has 7 nitrogen and oxygen atoms in total. The van der Waals surface area contributed by atoms with Crippen LogP contribution in [0.25, 0.3) is 11.1 Å². The Labute approximate surface area is 178 Å². The number of ether oxygens (including phenoxy) is 1. The molecule has 0 saturated heterocycles. The van der Waals surface area contributed by atoms with E-state index >= 15 is 0 Å². The molecule has 4 rings (SSSR count). The third kappa shape index (κ3) is 3.73. The number of nitrogens with one attached hydrogen (secondary N) is 1. The molecule has 0 saturated carbocycles. The van der Waals surface area contributed by atoms with Gasteiger partial charge in [-0.2, -0.15) is 0 Å². The van der Waals surface area contributed by atoms with Crippen molar-refractivity contribution in [1.82, 2.24) is 0 Å². The first-order valence-electron chi connectivity index (χ1n) is 9.66. The molecule has 3 aromatic rings. The minimum absolute atomic E-state index is 0.0685. The summed E-state index contributed by atoms with van der Waals surface area (Å²) in [6.45, 7) is 1.35. The summed E-state index contributed by atoms with van der Waals surface area (Å²) in [5, 5.41) is 11.9. The Morgan fingerprint density at radius 2 is 1.52 bits per heavy atom. The predicted molar refractivity (Wildman–Crippen MR) is 116 cm³/mol. The molecule has 4 N–H and O–H groups in total. The molecule has 0 aromatic heterocycles. The van der Waals surface area contributed by atoms with Gasteiger partial charge in [0.15, 0.2) is 0 Å². The summed E-state index contributed by atoms with van der Waals surface area (Å²) in [4.78, 5) is 35.8. The Morgan fingerprint density at radius 1 is 0.968 bits per heavy atom. The van der Waals surface area contributed by atoms with Gasteiger partial charge in [-0.15, -0.1) is 0 Å². The van der Waals surface area contributed by atoms with E-state index in [1.54, 1.807) is 0 Å². The Balaban J connectivity index is 1.63. The number of esters is 1. The standard InChI is InChI=1S/C24H20N2O5/c1-13(27)26-14-10-19(23(28)29)22(25)20(11-14)24(30)31-12-21-17-8-4-2-6-15(17)16-7-3-5-9-18(16)21/h2-11,21H,12,25H2,1H3,(H,26,27)(H,28,29). The molecule has 0 radical (unpaired) electrons. The SMILES string of the molecule is CC(=O)Nc1cc(C(=O)O)c(N)c(C(=O)OCC2c3ccccc3-c3ccccc32)c1. The van der Waals surface area contributed by atoms with E-state index in [1.807, 2.05) is 48.5 Å². The van der Waals surface area contributed by atoms with Gasteiger partial charge in [0.25, 0.3) is 0 Å². The summed E-state index contributed by atoms with van der Waals surface area (Å²) in [5.41, 5.74) is 9.79. The van der Waals surface area contributed by atoms with Crippen molar-refractivity contribution in [3.05, 3.63) is 82.9 Å². The molecular weight excluding hydrogens is 396 g/mol. The Hall–Kier alpha value is -4.13. The number of carboxylic acid groups (broad SMARTS) is 1. The van der Waals surface area contributed by atoms with Crippen LogP contribution < -0.4 is 11.1 Å². The molecule has 0 atom stereocenters. The molecule has 31 heavy (non-hydrogen) atoms. The van der Waals surface area contributed by atoms with Crippen molar-refractivity contribution in [1.29, 1.82) is 0 Å². The highest BCUT2D eigenvalue weighted by atomic mass is 16.5. The molecule has 156 valence electrons. The quantitative estimate of drug-likeness (QED) is 0.429. The number of aromatic carboxylic acids is 1. The number of hydrogen-bond acceptors (Lipinski definition) is 5. The molecule has 0 aliphatic heterocycles. The van der Waals surface area contributed by atoms with Crippen molar-refractivity contribution in [3.8, 4) is 11.1 Å². The minimum Gasteiger partial charge on any atom is -0.478 e. The summed E-state index contributed by atoms with van der Waals surface area (Å²) in [6, 6.07) is 18.4. The van der Waals surface area contributed by atoms with E-state index in [-0.39, 0.29) is 35.0 Å². The number of benzene rings is 3. The van der Waals surface area contributed by atoms with Crippen LogP contribution in [0.15, 0.2) is 60.7 Å². The minimum atomic E-state index is -1.31. The molecular formula is C24H20N2O5. The third-order valence-electron chi connectivity index (χ3n) is 5.29. The topological polar surface area (TPSA) is 119 Å². The number of nitrogens with two attached hydrogens (primary N) is 1.